The largest absolute Gasteiger partial charge is 0.493 e. The molecule has 0 fully saturated rings. The second-order valence-electron chi connectivity index (χ2n) is 5.74. The summed E-state index contributed by atoms with van der Waals surface area (Å²) in [6, 6.07) is 8.68. The number of hydrogen-bond acceptors (Lipinski definition) is 3. The van der Waals surface area contributed by atoms with Crippen LogP contribution in [-0.4, -0.2) is 13.2 Å². The lowest BCUT2D eigenvalue weighted by Crippen LogP contribution is -2.25. The van der Waals surface area contributed by atoms with Gasteiger partial charge in [-0.25, -0.2) is 4.39 Å². The van der Waals surface area contributed by atoms with Gasteiger partial charge in [-0.05, 0) is 37.6 Å². The van der Waals surface area contributed by atoms with Gasteiger partial charge < -0.3 is 14.8 Å². The van der Waals surface area contributed by atoms with E-state index >= 15 is 0 Å². The monoisotopic (exact) mass is 429 g/mol. The van der Waals surface area contributed by atoms with Crippen molar-refractivity contribution in [3.63, 3.8) is 0 Å². The molecule has 0 spiro atoms. The second-order valence-corrected chi connectivity index (χ2v) is 7.00. The van der Waals surface area contributed by atoms with E-state index < -0.39 is 0 Å². The molecule has 0 amide bonds. The van der Waals surface area contributed by atoms with Crippen molar-refractivity contribution in [2.45, 2.75) is 39.5 Å². The maximum Gasteiger partial charge on any atom is 0.167 e. The zero-order valence-electron chi connectivity index (χ0n) is 14.5. The Bertz CT molecular complexity index is 707. The van der Waals surface area contributed by atoms with E-state index in [-0.39, 0.29) is 12.4 Å². The van der Waals surface area contributed by atoms with Gasteiger partial charge in [0.05, 0.1) is 12.1 Å². The first-order valence-corrected chi connectivity index (χ1v) is 9.29. The number of methoxy groups -OCH3 is 1. The summed E-state index contributed by atoms with van der Waals surface area (Å²) in [5, 5.41) is 3.78. The fourth-order valence-corrected chi connectivity index (χ4v) is 2.97. The van der Waals surface area contributed by atoms with Crippen molar-refractivity contribution in [2.24, 2.45) is 0 Å². The molecule has 0 heterocycles. The lowest BCUT2D eigenvalue weighted by Gasteiger charge is -2.19. The van der Waals surface area contributed by atoms with E-state index in [1.165, 1.54) is 6.07 Å². The van der Waals surface area contributed by atoms with E-state index in [2.05, 4.69) is 35.1 Å². The number of benzene rings is 2. The van der Waals surface area contributed by atoms with Crippen molar-refractivity contribution >= 4 is 27.5 Å². The minimum absolute atomic E-state index is 0.0225. The van der Waals surface area contributed by atoms with Gasteiger partial charge >= 0.3 is 0 Å². The van der Waals surface area contributed by atoms with Crippen molar-refractivity contribution in [3.8, 4) is 11.5 Å². The van der Waals surface area contributed by atoms with Crippen molar-refractivity contribution in [1.29, 1.82) is 0 Å². The minimum atomic E-state index is -0.388. The molecule has 25 heavy (non-hydrogen) atoms. The van der Waals surface area contributed by atoms with Crippen LogP contribution in [0.3, 0.4) is 0 Å². The summed E-state index contributed by atoms with van der Waals surface area (Å²) < 4.78 is 26.3. The molecule has 2 aromatic rings. The molecule has 1 N–H and O–H groups in total. The number of nitrogens with one attached hydrogen (secondary N) is 1. The topological polar surface area (TPSA) is 30.5 Å². The third-order valence-corrected chi connectivity index (χ3v) is 5.15. The summed E-state index contributed by atoms with van der Waals surface area (Å²) in [7, 11) is 1.58. The highest BCUT2D eigenvalue weighted by atomic mass is 79.9. The first-order chi connectivity index (χ1) is 12.0. The molecule has 0 radical (unpaired) electrons. The average Bonchev–Trinajstić information content (AvgIpc) is 2.60. The molecule has 0 aliphatic rings. The molecule has 0 aliphatic heterocycles. The summed E-state index contributed by atoms with van der Waals surface area (Å²) in [5.41, 5.74) is 1.25. The SMILES string of the molecule is CCC(C)NCc1c(Br)ccc(OC)c1OCc1c(F)cccc1Cl. The van der Waals surface area contributed by atoms with Gasteiger partial charge in [-0.1, -0.05) is 40.5 Å². The minimum Gasteiger partial charge on any atom is -0.493 e. The van der Waals surface area contributed by atoms with Crippen molar-refractivity contribution in [2.75, 3.05) is 7.11 Å². The fraction of sp³-hybridized carbons (Fsp3) is 0.368. The van der Waals surface area contributed by atoms with E-state index in [1.54, 1.807) is 19.2 Å². The van der Waals surface area contributed by atoms with Gasteiger partial charge in [-0.3, -0.25) is 0 Å². The first-order valence-electron chi connectivity index (χ1n) is 8.12. The van der Waals surface area contributed by atoms with E-state index in [1.807, 2.05) is 12.1 Å². The van der Waals surface area contributed by atoms with Gasteiger partial charge in [0.25, 0.3) is 0 Å². The van der Waals surface area contributed by atoms with Gasteiger partial charge in [-0.2, -0.15) is 0 Å². The molecule has 0 aliphatic carbocycles. The van der Waals surface area contributed by atoms with Crippen LogP contribution in [0.2, 0.25) is 5.02 Å². The predicted molar refractivity (Wildman–Crippen MR) is 103 cm³/mol. The Labute approximate surface area is 161 Å². The van der Waals surface area contributed by atoms with Crippen molar-refractivity contribution in [3.05, 3.63) is 56.8 Å². The summed E-state index contributed by atoms with van der Waals surface area (Å²) in [4.78, 5) is 0. The lowest BCUT2D eigenvalue weighted by atomic mass is 10.1. The van der Waals surface area contributed by atoms with E-state index in [0.29, 0.717) is 34.7 Å². The van der Waals surface area contributed by atoms with Crippen LogP contribution in [0, 0.1) is 5.82 Å². The molecule has 136 valence electrons. The average molecular weight is 431 g/mol. The highest BCUT2D eigenvalue weighted by molar-refractivity contribution is 9.10. The maximum atomic E-state index is 14.0. The standard InChI is InChI=1S/C19H22BrClFNO2/c1-4-12(2)23-10-13-15(20)8-9-18(24-3)19(13)25-11-14-16(21)6-5-7-17(14)22/h5-9,12,23H,4,10-11H2,1-3H3. The molecule has 3 nitrogen and oxygen atoms in total. The molecule has 2 aromatic carbocycles. The first kappa shape index (κ1) is 20.0. The summed E-state index contributed by atoms with van der Waals surface area (Å²) >= 11 is 9.65. The van der Waals surface area contributed by atoms with Crippen molar-refractivity contribution in [1.82, 2.24) is 5.32 Å². The fourth-order valence-electron chi connectivity index (χ4n) is 2.30. The number of rotatable bonds is 8. The Morgan fingerprint density at radius 1 is 1.24 bits per heavy atom. The van der Waals surface area contributed by atoms with Gasteiger partial charge in [0.15, 0.2) is 11.5 Å². The molecule has 1 atom stereocenters. The number of halogens is 3. The molecule has 1 unspecified atom stereocenters. The quantitative estimate of drug-likeness (QED) is 0.581. The van der Waals surface area contributed by atoms with Gasteiger partial charge in [0, 0.05) is 28.2 Å². The van der Waals surface area contributed by atoms with Crippen molar-refractivity contribution < 1.29 is 13.9 Å². The van der Waals surface area contributed by atoms with E-state index in [4.69, 9.17) is 21.1 Å². The summed E-state index contributed by atoms with van der Waals surface area (Å²) in [5.74, 6) is 0.782. The summed E-state index contributed by atoms with van der Waals surface area (Å²) in [6.45, 7) is 4.87. The Morgan fingerprint density at radius 2 is 2.00 bits per heavy atom. The van der Waals surface area contributed by atoms with Gasteiger partial charge in [0.1, 0.15) is 12.4 Å². The Kier molecular flexibility index (Phi) is 7.54. The Morgan fingerprint density at radius 3 is 2.64 bits per heavy atom. The van der Waals surface area contributed by atoms with Crippen LogP contribution >= 0.6 is 27.5 Å². The Hall–Kier alpha value is -1.30. The smallest absolute Gasteiger partial charge is 0.167 e. The van der Waals surface area contributed by atoms with Crippen LogP contribution in [0.1, 0.15) is 31.4 Å². The molecule has 0 bridgehead atoms. The number of ether oxygens (including phenoxy) is 2. The van der Waals surface area contributed by atoms with Gasteiger partial charge in [-0.15, -0.1) is 0 Å². The highest BCUT2D eigenvalue weighted by Gasteiger charge is 2.17. The molecule has 2 rings (SSSR count). The normalized spacial score (nSPS) is 12.1. The highest BCUT2D eigenvalue weighted by Crippen LogP contribution is 2.37. The molecule has 0 saturated heterocycles. The van der Waals surface area contributed by atoms with Crippen LogP contribution in [-0.2, 0) is 13.2 Å². The van der Waals surface area contributed by atoms with Crippen LogP contribution in [0.25, 0.3) is 0 Å². The molecule has 0 aromatic heterocycles. The lowest BCUT2D eigenvalue weighted by molar-refractivity contribution is 0.275. The third-order valence-electron chi connectivity index (χ3n) is 4.05. The zero-order valence-corrected chi connectivity index (χ0v) is 16.9. The molecule has 0 saturated carbocycles. The van der Waals surface area contributed by atoms with Crippen LogP contribution < -0.4 is 14.8 Å². The maximum absolute atomic E-state index is 14.0. The van der Waals surface area contributed by atoms with E-state index in [0.717, 1.165) is 16.5 Å². The van der Waals surface area contributed by atoms with E-state index in [9.17, 15) is 4.39 Å². The van der Waals surface area contributed by atoms with Gasteiger partial charge in [0.2, 0.25) is 0 Å². The molecule has 6 heteroatoms. The second kappa shape index (κ2) is 9.41. The number of hydrogen-bond donors (Lipinski definition) is 1. The Balaban J connectivity index is 2.29. The third kappa shape index (κ3) is 5.09. The van der Waals surface area contributed by atoms with Crippen LogP contribution in [0.5, 0.6) is 11.5 Å². The molecular formula is C19H22BrClFNO2. The molecular weight excluding hydrogens is 409 g/mol. The predicted octanol–water partition coefficient (Wildman–Crippen LogP) is 5.72. The van der Waals surface area contributed by atoms with Crippen LogP contribution in [0.4, 0.5) is 4.39 Å². The zero-order chi connectivity index (χ0) is 18.4. The summed E-state index contributed by atoms with van der Waals surface area (Å²) in [6.07, 6.45) is 1.02. The van der Waals surface area contributed by atoms with Crippen LogP contribution in [0.15, 0.2) is 34.8 Å².